The van der Waals surface area contributed by atoms with Crippen molar-refractivity contribution >= 4 is 21.8 Å². The Morgan fingerprint density at radius 1 is 1.17 bits per heavy atom. The average molecular weight is 291 g/mol. The Bertz CT molecular complexity index is 446. The van der Waals surface area contributed by atoms with E-state index in [1.54, 1.807) is 11.8 Å². The second-order valence-corrected chi connectivity index (χ2v) is 6.66. The Morgan fingerprint density at radius 3 is 2.44 bits per heavy atom. The molecule has 18 heavy (non-hydrogen) atoms. The Morgan fingerprint density at radius 2 is 1.83 bits per heavy atom. The van der Waals surface area contributed by atoms with Crippen molar-refractivity contribution in [1.29, 1.82) is 0 Å². The van der Waals surface area contributed by atoms with Crippen molar-refractivity contribution in [3.63, 3.8) is 0 Å². The summed E-state index contributed by atoms with van der Waals surface area (Å²) in [7, 11) is -3.49. The van der Waals surface area contributed by atoms with Gasteiger partial charge in [0.2, 0.25) is 10.0 Å². The fourth-order valence-electron chi connectivity index (χ4n) is 1.45. The van der Waals surface area contributed by atoms with Gasteiger partial charge in [-0.15, -0.1) is 0 Å². The van der Waals surface area contributed by atoms with Gasteiger partial charge in [0.25, 0.3) is 0 Å². The third-order valence-electron chi connectivity index (χ3n) is 2.44. The second-order valence-electron chi connectivity index (χ2n) is 3.91. The minimum absolute atomic E-state index is 0.105. The maximum absolute atomic E-state index is 12.7. The molecule has 0 fully saturated rings. The Kier molecular flexibility index (Phi) is 6.67. The first-order valence-electron chi connectivity index (χ1n) is 5.80. The molecule has 1 aromatic carbocycles. The van der Waals surface area contributed by atoms with E-state index in [-0.39, 0.29) is 4.90 Å². The fraction of sp³-hybridized carbons (Fsp3) is 0.500. The molecule has 0 unspecified atom stereocenters. The maximum atomic E-state index is 12.7. The van der Waals surface area contributed by atoms with Crippen molar-refractivity contribution in [2.45, 2.75) is 24.2 Å². The number of rotatable bonds is 8. The first-order chi connectivity index (χ1) is 8.56. The predicted molar refractivity (Wildman–Crippen MR) is 73.8 cm³/mol. The van der Waals surface area contributed by atoms with Crippen LogP contribution in [0.2, 0.25) is 0 Å². The summed E-state index contributed by atoms with van der Waals surface area (Å²) in [4.78, 5) is 0.105. The lowest BCUT2D eigenvalue weighted by Crippen LogP contribution is -2.24. The van der Waals surface area contributed by atoms with Gasteiger partial charge in [-0.1, -0.05) is 6.42 Å². The summed E-state index contributed by atoms with van der Waals surface area (Å²) >= 11 is 1.79. The van der Waals surface area contributed by atoms with Gasteiger partial charge in [0.15, 0.2) is 0 Å². The zero-order chi connectivity index (χ0) is 13.4. The zero-order valence-electron chi connectivity index (χ0n) is 10.4. The van der Waals surface area contributed by atoms with E-state index in [4.69, 9.17) is 0 Å². The molecular formula is C12H18FNO2S2. The normalized spacial score (nSPS) is 11.7. The summed E-state index contributed by atoms with van der Waals surface area (Å²) in [5, 5.41) is 0. The monoisotopic (exact) mass is 291 g/mol. The number of nitrogens with one attached hydrogen (secondary N) is 1. The topological polar surface area (TPSA) is 46.2 Å². The fourth-order valence-corrected chi connectivity index (χ4v) is 3.02. The third kappa shape index (κ3) is 5.37. The third-order valence-corrected chi connectivity index (χ3v) is 4.62. The molecule has 0 aliphatic heterocycles. The highest BCUT2D eigenvalue weighted by molar-refractivity contribution is 7.98. The lowest BCUT2D eigenvalue weighted by Gasteiger charge is -2.06. The molecule has 1 rings (SSSR count). The summed E-state index contributed by atoms with van der Waals surface area (Å²) in [5.41, 5.74) is 0. The van der Waals surface area contributed by atoms with E-state index >= 15 is 0 Å². The summed E-state index contributed by atoms with van der Waals surface area (Å²) in [6.45, 7) is 0.425. The van der Waals surface area contributed by atoms with Crippen molar-refractivity contribution in [1.82, 2.24) is 4.72 Å². The molecule has 3 nitrogen and oxygen atoms in total. The highest BCUT2D eigenvalue weighted by Crippen LogP contribution is 2.09. The smallest absolute Gasteiger partial charge is 0.211 e. The van der Waals surface area contributed by atoms with Gasteiger partial charge < -0.3 is 0 Å². The predicted octanol–water partition coefficient (Wildman–Crippen LogP) is 2.64. The molecule has 102 valence electrons. The van der Waals surface area contributed by atoms with E-state index < -0.39 is 15.8 Å². The molecule has 0 aliphatic rings. The number of thioether (sulfide) groups is 1. The van der Waals surface area contributed by atoms with Gasteiger partial charge in [-0.2, -0.15) is 11.8 Å². The first-order valence-corrected chi connectivity index (χ1v) is 8.68. The maximum Gasteiger partial charge on any atom is 0.240 e. The molecule has 1 aromatic rings. The summed E-state index contributed by atoms with van der Waals surface area (Å²) in [6, 6.07) is 4.83. The molecule has 0 saturated carbocycles. The largest absolute Gasteiger partial charge is 0.240 e. The average Bonchev–Trinajstić information content (AvgIpc) is 2.34. The summed E-state index contributed by atoms with van der Waals surface area (Å²) < 4.78 is 38.8. The van der Waals surface area contributed by atoms with Gasteiger partial charge in [0, 0.05) is 6.54 Å². The van der Waals surface area contributed by atoms with Crippen LogP contribution in [0.15, 0.2) is 29.2 Å². The minimum atomic E-state index is -3.49. The number of benzene rings is 1. The van der Waals surface area contributed by atoms with Gasteiger partial charge in [-0.05, 0) is 49.1 Å². The van der Waals surface area contributed by atoms with Crippen molar-refractivity contribution in [3.05, 3.63) is 30.1 Å². The number of halogens is 1. The van der Waals surface area contributed by atoms with Crippen molar-refractivity contribution < 1.29 is 12.8 Å². The van der Waals surface area contributed by atoms with Gasteiger partial charge in [0.05, 0.1) is 4.90 Å². The highest BCUT2D eigenvalue weighted by atomic mass is 32.2. The lowest BCUT2D eigenvalue weighted by atomic mass is 10.2. The quantitative estimate of drug-likeness (QED) is 0.749. The van der Waals surface area contributed by atoms with Crippen LogP contribution in [-0.2, 0) is 10.0 Å². The SMILES string of the molecule is CSCCCCCNS(=O)(=O)c1ccc(F)cc1. The Hall–Kier alpha value is -0.590. The minimum Gasteiger partial charge on any atom is -0.211 e. The van der Waals surface area contributed by atoms with E-state index in [2.05, 4.69) is 11.0 Å². The number of sulfonamides is 1. The molecular weight excluding hydrogens is 273 g/mol. The molecule has 0 heterocycles. The first kappa shape index (κ1) is 15.5. The lowest BCUT2D eigenvalue weighted by molar-refractivity contribution is 0.575. The van der Waals surface area contributed by atoms with Crippen LogP contribution in [-0.4, -0.2) is 27.0 Å². The molecule has 1 N–H and O–H groups in total. The van der Waals surface area contributed by atoms with Crippen LogP contribution in [0.1, 0.15) is 19.3 Å². The number of unbranched alkanes of at least 4 members (excludes halogenated alkanes) is 2. The van der Waals surface area contributed by atoms with Crippen LogP contribution in [0, 0.1) is 5.82 Å². The van der Waals surface area contributed by atoms with Crippen LogP contribution >= 0.6 is 11.8 Å². The van der Waals surface area contributed by atoms with E-state index in [1.807, 2.05) is 0 Å². The number of hydrogen-bond acceptors (Lipinski definition) is 3. The van der Waals surface area contributed by atoms with Crippen molar-refractivity contribution in [2.75, 3.05) is 18.6 Å². The van der Waals surface area contributed by atoms with Crippen LogP contribution in [0.4, 0.5) is 4.39 Å². The molecule has 0 atom stereocenters. The highest BCUT2D eigenvalue weighted by Gasteiger charge is 2.12. The van der Waals surface area contributed by atoms with Gasteiger partial charge in [-0.3, -0.25) is 0 Å². The Balaban J connectivity index is 2.38. The van der Waals surface area contributed by atoms with E-state index in [9.17, 15) is 12.8 Å². The van der Waals surface area contributed by atoms with Crippen molar-refractivity contribution in [2.24, 2.45) is 0 Å². The van der Waals surface area contributed by atoms with E-state index in [0.29, 0.717) is 6.54 Å². The molecule has 0 aromatic heterocycles. The number of hydrogen-bond donors (Lipinski definition) is 1. The molecule has 0 bridgehead atoms. The molecule has 0 radical (unpaired) electrons. The standard InChI is InChI=1S/C12H18FNO2S2/c1-17-10-4-2-3-9-14-18(15,16)12-7-5-11(13)6-8-12/h5-8,14H,2-4,9-10H2,1H3. The van der Waals surface area contributed by atoms with Crippen LogP contribution in [0.3, 0.4) is 0 Å². The van der Waals surface area contributed by atoms with Crippen LogP contribution in [0.25, 0.3) is 0 Å². The second kappa shape index (κ2) is 7.76. The molecule has 6 heteroatoms. The Labute approximate surface area is 112 Å². The zero-order valence-corrected chi connectivity index (χ0v) is 12.0. The van der Waals surface area contributed by atoms with Gasteiger partial charge in [-0.25, -0.2) is 17.5 Å². The molecule has 0 spiro atoms. The van der Waals surface area contributed by atoms with Crippen LogP contribution < -0.4 is 4.72 Å². The van der Waals surface area contributed by atoms with Crippen molar-refractivity contribution in [3.8, 4) is 0 Å². The van der Waals surface area contributed by atoms with Gasteiger partial charge in [0.1, 0.15) is 5.82 Å². The van der Waals surface area contributed by atoms with Crippen LogP contribution in [0.5, 0.6) is 0 Å². The van der Waals surface area contributed by atoms with E-state index in [0.717, 1.165) is 37.1 Å². The van der Waals surface area contributed by atoms with Gasteiger partial charge >= 0.3 is 0 Å². The summed E-state index contributed by atoms with van der Waals surface area (Å²) in [6.07, 6.45) is 4.98. The summed E-state index contributed by atoms with van der Waals surface area (Å²) in [5.74, 6) is 0.663. The van der Waals surface area contributed by atoms with E-state index in [1.165, 1.54) is 12.1 Å². The molecule has 0 saturated heterocycles. The molecule has 0 aliphatic carbocycles. The molecule has 0 amide bonds.